The highest BCUT2D eigenvalue weighted by Crippen LogP contribution is 2.02. The summed E-state index contributed by atoms with van der Waals surface area (Å²) in [6, 6.07) is 9.84. The zero-order chi connectivity index (χ0) is 14.4. The lowest BCUT2D eigenvalue weighted by Gasteiger charge is -2.04. The molecule has 0 spiro atoms. The van der Waals surface area contributed by atoms with Crippen LogP contribution in [0.5, 0.6) is 0 Å². The van der Waals surface area contributed by atoms with Crippen molar-refractivity contribution in [2.45, 2.75) is 26.0 Å². The number of carbonyl (C=O) groups is 1. The van der Waals surface area contributed by atoms with Crippen LogP contribution in [-0.2, 0) is 6.54 Å². The van der Waals surface area contributed by atoms with Gasteiger partial charge in [-0.1, -0.05) is 35.5 Å². The first-order valence-corrected chi connectivity index (χ1v) is 6.55. The van der Waals surface area contributed by atoms with Crippen LogP contribution < -0.4 is 5.32 Å². The van der Waals surface area contributed by atoms with Gasteiger partial charge in [0.15, 0.2) is 5.69 Å². The highest BCUT2D eigenvalue weighted by molar-refractivity contribution is 5.91. The molecular weight excluding hydrogens is 256 g/mol. The summed E-state index contributed by atoms with van der Waals surface area (Å²) in [5, 5.41) is 19.6. The van der Waals surface area contributed by atoms with E-state index in [0.717, 1.165) is 5.56 Å². The van der Waals surface area contributed by atoms with Gasteiger partial charge < -0.3 is 10.4 Å². The Morgan fingerprint density at radius 2 is 2.15 bits per heavy atom. The van der Waals surface area contributed by atoms with Crippen molar-refractivity contribution in [3.8, 4) is 0 Å². The van der Waals surface area contributed by atoms with Crippen LogP contribution in [0.3, 0.4) is 0 Å². The van der Waals surface area contributed by atoms with Crippen LogP contribution in [0.1, 0.15) is 29.4 Å². The lowest BCUT2D eigenvalue weighted by Crippen LogP contribution is -2.26. The Morgan fingerprint density at radius 1 is 1.40 bits per heavy atom. The lowest BCUT2D eigenvalue weighted by molar-refractivity contribution is 0.0940. The van der Waals surface area contributed by atoms with Crippen LogP contribution in [0.4, 0.5) is 0 Å². The molecule has 1 amide bonds. The summed E-state index contributed by atoms with van der Waals surface area (Å²) in [5.41, 5.74) is 1.38. The quantitative estimate of drug-likeness (QED) is 0.817. The van der Waals surface area contributed by atoms with Gasteiger partial charge in [-0.2, -0.15) is 0 Å². The fourth-order valence-corrected chi connectivity index (χ4v) is 1.74. The van der Waals surface area contributed by atoms with Gasteiger partial charge in [-0.3, -0.25) is 4.79 Å². The topological polar surface area (TPSA) is 80.0 Å². The standard InChI is InChI=1S/C14H18N4O2/c1-11(19)7-8-15-14(20)13-10-18(17-16-13)9-12-5-3-2-4-6-12/h2-6,10-11,19H,7-9H2,1H3,(H,15,20). The second-order valence-electron chi connectivity index (χ2n) is 4.68. The molecule has 1 aromatic carbocycles. The predicted molar refractivity (Wildman–Crippen MR) is 74.2 cm³/mol. The Kier molecular flexibility index (Phi) is 4.84. The van der Waals surface area contributed by atoms with E-state index in [0.29, 0.717) is 19.5 Å². The van der Waals surface area contributed by atoms with Crippen molar-refractivity contribution in [3.05, 3.63) is 47.8 Å². The Morgan fingerprint density at radius 3 is 2.85 bits per heavy atom. The molecule has 0 radical (unpaired) electrons. The third-order valence-electron chi connectivity index (χ3n) is 2.81. The SMILES string of the molecule is CC(O)CCNC(=O)c1cn(Cc2ccccc2)nn1. The van der Waals surface area contributed by atoms with Gasteiger partial charge in [0.2, 0.25) is 0 Å². The van der Waals surface area contributed by atoms with Crippen LogP contribution in [0.15, 0.2) is 36.5 Å². The minimum Gasteiger partial charge on any atom is -0.393 e. The monoisotopic (exact) mass is 274 g/mol. The van der Waals surface area contributed by atoms with Crippen LogP contribution in [0, 0.1) is 0 Å². The molecule has 1 aromatic heterocycles. The molecule has 0 aliphatic heterocycles. The molecule has 6 heteroatoms. The van der Waals surface area contributed by atoms with E-state index in [9.17, 15) is 4.79 Å². The molecule has 0 saturated heterocycles. The molecule has 20 heavy (non-hydrogen) atoms. The largest absolute Gasteiger partial charge is 0.393 e. The molecule has 2 aromatic rings. The summed E-state index contributed by atoms with van der Waals surface area (Å²) in [7, 11) is 0. The summed E-state index contributed by atoms with van der Waals surface area (Å²) < 4.78 is 1.62. The first-order valence-electron chi connectivity index (χ1n) is 6.55. The molecule has 2 N–H and O–H groups in total. The zero-order valence-electron chi connectivity index (χ0n) is 11.4. The Bertz CT molecular complexity index is 551. The molecule has 0 fully saturated rings. The van der Waals surface area contributed by atoms with Gasteiger partial charge in [0.25, 0.3) is 5.91 Å². The summed E-state index contributed by atoms with van der Waals surface area (Å²) in [6.07, 6.45) is 1.71. The molecule has 0 aliphatic carbocycles. The van der Waals surface area contributed by atoms with E-state index < -0.39 is 6.10 Å². The van der Waals surface area contributed by atoms with E-state index in [2.05, 4.69) is 15.6 Å². The van der Waals surface area contributed by atoms with Crippen molar-refractivity contribution in [1.29, 1.82) is 0 Å². The molecule has 6 nitrogen and oxygen atoms in total. The number of nitrogens with zero attached hydrogens (tertiary/aromatic N) is 3. The number of aliphatic hydroxyl groups is 1. The molecule has 1 unspecified atom stereocenters. The van der Waals surface area contributed by atoms with Crippen molar-refractivity contribution >= 4 is 5.91 Å². The van der Waals surface area contributed by atoms with Gasteiger partial charge in [0.05, 0.1) is 18.8 Å². The van der Waals surface area contributed by atoms with Crippen LogP contribution in [0.25, 0.3) is 0 Å². The maximum Gasteiger partial charge on any atom is 0.273 e. The first kappa shape index (κ1) is 14.2. The summed E-state index contributed by atoms with van der Waals surface area (Å²) >= 11 is 0. The van der Waals surface area contributed by atoms with Crippen LogP contribution >= 0.6 is 0 Å². The highest BCUT2D eigenvalue weighted by Gasteiger charge is 2.10. The van der Waals surface area contributed by atoms with Crippen LogP contribution in [0.2, 0.25) is 0 Å². The number of aliphatic hydroxyl groups excluding tert-OH is 1. The fraction of sp³-hybridized carbons (Fsp3) is 0.357. The number of benzene rings is 1. The van der Waals surface area contributed by atoms with Gasteiger partial charge >= 0.3 is 0 Å². The molecular formula is C14H18N4O2. The molecule has 1 heterocycles. The Labute approximate surface area is 117 Å². The number of hydrogen-bond donors (Lipinski definition) is 2. The minimum absolute atomic E-state index is 0.273. The molecule has 1 atom stereocenters. The zero-order valence-corrected chi connectivity index (χ0v) is 11.4. The fourth-order valence-electron chi connectivity index (χ4n) is 1.74. The predicted octanol–water partition coefficient (Wildman–Crippen LogP) is 0.827. The van der Waals surface area contributed by atoms with Gasteiger partial charge in [-0.15, -0.1) is 5.10 Å². The van der Waals surface area contributed by atoms with Gasteiger partial charge in [0, 0.05) is 6.54 Å². The molecule has 0 saturated carbocycles. The van der Waals surface area contributed by atoms with E-state index in [1.54, 1.807) is 17.8 Å². The van der Waals surface area contributed by atoms with Crippen molar-refractivity contribution in [2.75, 3.05) is 6.54 Å². The Hall–Kier alpha value is -2.21. The third kappa shape index (κ3) is 4.17. The first-order chi connectivity index (χ1) is 9.65. The summed E-state index contributed by atoms with van der Waals surface area (Å²) in [5.74, 6) is -0.273. The number of rotatable bonds is 6. The molecule has 2 rings (SSSR count). The van der Waals surface area contributed by atoms with E-state index in [4.69, 9.17) is 5.11 Å². The van der Waals surface area contributed by atoms with Crippen LogP contribution in [-0.4, -0.2) is 38.7 Å². The second-order valence-corrected chi connectivity index (χ2v) is 4.68. The number of hydrogen-bond acceptors (Lipinski definition) is 4. The average molecular weight is 274 g/mol. The number of nitrogens with one attached hydrogen (secondary N) is 1. The van der Waals surface area contributed by atoms with Crippen molar-refractivity contribution in [3.63, 3.8) is 0 Å². The summed E-state index contributed by atoms with van der Waals surface area (Å²) in [4.78, 5) is 11.8. The third-order valence-corrected chi connectivity index (χ3v) is 2.81. The average Bonchev–Trinajstić information content (AvgIpc) is 2.88. The second kappa shape index (κ2) is 6.81. The van der Waals surface area contributed by atoms with E-state index in [1.807, 2.05) is 30.3 Å². The molecule has 0 aliphatic rings. The normalized spacial score (nSPS) is 12.1. The van der Waals surface area contributed by atoms with Gasteiger partial charge in [-0.25, -0.2) is 4.68 Å². The molecule has 106 valence electrons. The summed E-state index contributed by atoms with van der Waals surface area (Å²) in [6.45, 7) is 2.68. The number of aromatic nitrogens is 3. The van der Waals surface area contributed by atoms with E-state index in [-0.39, 0.29) is 11.6 Å². The van der Waals surface area contributed by atoms with Crippen molar-refractivity contribution < 1.29 is 9.90 Å². The number of amides is 1. The Balaban J connectivity index is 1.90. The number of carbonyl (C=O) groups excluding carboxylic acids is 1. The van der Waals surface area contributed by atoms with E-state index in [1.165, 1.54) is 0 Å². The van der Waals surface area contributed by atoms with E-state index >= 15 is 0 Å². The maximum absolute atomic E-state index is 11.8. The van der Waals surface area contributed by atoms with Crippen molar-refractivity contribution in [2.24, 2.45) is 0 Å². The lowest BCUT2D eigenvalue weighted by atomic mass is 10.2. The minimum atomic E-state index is -0.427. The molecule has 0 bridgehead atoms. The maximum atomic E-state index is 11.8. The van der Waals surface area contributed by atoms with Crippen molar-refractivity contribution in [1.82, 2.24) is 20.3 Å². The van der Waals surface area contributed by atoms with Gasteiger partial charge in [0.1, 0.15) is 0 Å². The smallest absolute Gasteiger partial charge is 0.273 e. The van der Waals surface area contributed by atoms with Gasteiger partial charge in [-0.05, 0) is 18.9 Å². The highest BCUT2D eigenvalue weighted by atomic mass is 16.3.